The molecule has 3 heterocycles. The van der Waals surface area contributed by atoms with Crippen LogP contribution in [0.15, 0.2) is 60.8 Å². The van der Waals surface area contributed by atoms with Gasteiger partial charge in [-0.15, -0.1) is 5.10 Å². The second-order valence-electron chi connectivity index (χ2n) is 7.49. The minimum Gasteiger partial charge on any atom is -0.310 e. The van der Waals surface area contributed by atoms with Crippen LogP contribution in [0.5, 0.6) is 0 Å². The van der Waals surface area contributed by atoms with Gasteiger partial charge in [-0.25, -0.2) is 4.98 Å². The molecule has 2 aromatic carbocycles. The van der Waals surface area contributed by atoms with Crippen molar-refractivity contribution in [3.63, 3.8) is 0 Å². The normalized spacial score (nSPS) is 15.5. The molecule has 1 aliphatic rings. The molecule has 5 rings (SSSR count). The van der Waals surface area contributed by atoms with Crippen LogP contribution < -0.4 is 5.32 Å². The van der Waals surface area contributed by atoms with Gasteiger partial charge in [0.1, 0.15) is 5.82 Å². The van der Waals surface area contributed by atoms with Crippen molar-refractivity contribution < 1.29 is 4.79 Å². The third kappa shape index (κ3) is 3.14. The highest BCUT2D eigenvalue weighted by atomic mass is 16.1. The molecule has 1 amide bonds. The first-order valence-electron chi connectivity index (χ1n) is 9.81. The molecular formula is C23H20N6O. The summed E-state index contributed by atoms with van der Waals surface area (Å²) >= 11 is 0. The summed E-state index contributed by atoms with van der Waals surface area (Å²) in [6.07, 6.45) is 2.00. The SMILES string of the molecule is Cc1cccc([C@H]2CC(=O)Nc3c2c(C)nn3-c2nncc(-c3ccccc3)n2)c1. The highest BCUT2D eigenvalue weighted by molar-refractivity contribution is 5.95. The van der Waals surface area contributed by atoms with Gasteiger partial charge in [0.05, 0.1) is 17.6 Å². The van der Waals surface area contributed by atoms with Crippen molar-refractivity contribution in [3.8, 4) is 17.2 Å². The van der Waals surface area contributed by atoms with Gasteiger partial charge in [-0.05, 0) is 19.4 Å². The maximum atomic E-state index is 12.6. The van der Waals surface area contributed by atoms with Gasteiger partial charge < -0.3 is 5.32 Å². The quantitative estimate of drug-likeness (QED) is 0.569. The minimum atomic E-state index is -0.0623. The highest BCUT2D eigenvalue weighted by Crippen LogP contribution is 2.40. The van der Waals surface area contributed by atoms with E-state index in [0.717, 1.165) is 27.9 Å². The Morgan fingerprint density at radius 3 is 2.70 bits per heavy atom. The molecule has 0 bridgehead atoms. The first kappa shape index (κ1) is 18.2. The second kappa shape index (κ2) is 7.18. The van der Waals surface area contributed by atoms with Crippen LogP contribution in [0.3, 0.4) is 0 Å². The summed E-state index contributed by atoms with van der Waals surface area (Å²) in [7, 11) is 0. The molecule has 30 heavy (non-hydrogen) atoms. The van der Waals surface area contributed by atoms with Gasteiger partial charge in [0, 0.05) is 23.5 Å². The molecule has 0 spiro atoms. The number of anilines is 1. The lowest BCUT2D eigenvalue weighted by molar-refractivity contribution is -0.116. The summed E-state index contributed by atoms with van der Waals surface area (Å²) in [5.41, 5.74) is 5.73. The summed E-state index contributed by atoms with van der Waals surface area (Å²) in [4.78, 5) is 17.2. The van der Waals surface area contributed by atoms with Crippen molar-refractivity contribution >= 4 is 11.7 Å². The molecule has 0 saturated carbocycles. The van der Waals surface area contributed by atoms with Gasteiger partial charge in [-0.2, -0.15) is 14.9 Å². The Morgan fingerprint density at radius 2 is 1.90 bits per heavy atom. The fourth-order valence-corrected chi connectivity index (χ4v) is 4.00. The standard InChI is InChI=1S/C23H20N6O/c1-14-7-6-10-17(11-14)18-12-20(30)26-22-21(18)15(2)28-29(22)23-25-19(13-24-27-23)16-8-4-3-5-9-16/h3-11,13,18H,12H2,1-2H3,(H,26,30)/t18-/m1/s1. The van der Waals surface area contributed by atoms with E-state index in [4.69, 9.17) is 0 Å². The Labute approximate surface area is 173 Å². The Morgan fingerprint density at radius 1 is 1.07 bits per heavy atom. The molecule has 148 valence electrons. The number of aromatic nitrogens is 5. The number of hydrogen-bond acceptors (Lipinski definition) is 5. The number of aryl methyl sites for hydroxylation is 2. The zero-order valence-corrected chi connectivity index (χ0v) is 16.7. The van der Waals surface area contributed by atoms with Gasteiger partial charge in [-0.3, -0.25) is 4.79 Å². The number of nitrogens with zero attached hydrogens (tertiary/aromatic N) is 5. The lowest BCUT2D eigenvalue weighted by atomic mass is 9.85. The van der Waals surface area contributed by atoms with Crippen LogP contribution >= 0.6 is 0 Å². The fraction of sp³-hybridized carbons (Fsp3) is 0.174. The number of rotatable bonds is 3. The summed E-state index contributed by atoms with van der Waals surface area (Å²) in [5, 5.41) is 15.9. The van der Waals surface area contributed by atoms with E-state index < -0.39 is 0 Å². The van der Waals surface area contributed by atoms with E-state index in [1.807, 2.05) is 43.3 Å². The second-order valence-corrected chi connectivity index (χ2v) is 7.49. The highest BCUT2D eigenvalue weighted by Gasteiger charge is 2.33. The van der Waals surface area contributed by atoms with Crippen LogP contribution in [0.1, 0.15) is 34.7 Å². The molecule has 0 radical (unpaired) electrons. The molecule has 0 fully saturated rings. The van der Waals surface area contributed by atoms with Crippen molar-refractivity contribution in [2.24, 2.45) is 0 Å². The molecular weight excluding hydrogens is 376 g/mol. The van der Waals surface area contributed by atoms with E-state index in [1.54, 1.807) is 10.9 Å². The topological polar surface area (TPSA) is 85.6 Å². The predicted octanol–water partition coefficient (Wildman–Crippen LogP) is 3.82. The van der Waals surface area contributed by atoms with Crippen molar-refractivity contribution in [3.05, 3.63) is 83.2 Å². The summed E-state index contributed by atoms with van der Waals surface area (Å²) in [6.45, 7) is 4.00. The van der Waals surface area contributed by atoms with Crippen LogP contribution in [0.2, 0.25) is 0 Å². The minimum absolute atomic E-state index is 0.0534. The van der Waals surface area contributed by atoms with Crippen molar-refractivity contribution in [2.75, 3.05) is 5.32 Å². The average molecular weight is 396 g/mol. The third-order valence-electron chi connectivity index (χ3n) is 5.35. The number of carbonyl (C=O) groups excluding carboxylic acids is 1. The molecule has 1 atom stereocenters. The molecule has 7 heteroatoms. The van der Waals surface area contributed by atoms with E-state index in [0.29, 0.717) is 23.9 Å². The van der Waals surface area contributed by atoms with Gasteiger partial charge >= 0.3 is 0 Å². The lowest BCUT2D eigenvalue weighted by Crippen LogP contribution is -2.25. The van der Waals surface area contributed by atoms with E-state index >= 15 is 0 Å². The number of fused-ring (bicyclic) bond motifs is 1. The zero-order chi connectivity index (χ0) is 20.7. The van der Waals surface area contributed by atoms with Crippen molar-refractivity contribution in [1.82, 2.24) is 25.0 Å². The largest absolute Gasteiger partial charge is 0.310 e. The first-order chi connectivity index (χ1) is 14.6. The Hall–Kier alpha value is -3.87. The molecule has 1 aliphatic heterocycles. The third-order valence-corrected chi connectivity index (χ3v) is 5.35. The maximum absolute atomic E-state index is 12.6. The summed E-state index contributed by atoms with van der Waals surface area (Å²) in [6, 6.07) is 18.0. The molecule has 0 saturated heterocycles. The van der Waals surface area contributed by atoms with E-state index in [-0.39, 0.29) is 11.8 Å². The predicted molar refractivity (Wildman–Crippen MR) is 113 cm³/mol. The Kier molecular flexibility index (Phi) is 4.35. The molecule has 4 aromatic rings. The van der Waals surface area contributed by atoms with Crippen molar-refractivity contribution in [1.29, 1.82) is 0 Å². The molecule has 0 aliphatic carbocycles. The van der Waals surface area contributed by atoms with Gasteiger partial charge in [0.15, 0.2) is 0 Å². The number of amides is 1. The van der Waals surface area contributed by atoms with Gasteiger partial charge in [0.25, 0.3) is 5.95 Å². The number of benzene rings is 2. The molecule has 0 unspecified atom stereocenters. The van der Waals surface area contributed by atoms with E-state index in [9.17, 15) is 4.79 Å². The van der Waals surface area contributed by atoms with Crippen LogP contribution in [-0.4, -0.2) is 30.9 Å². The Balaban J connectivity index is 1.63. The van der Waals surface area contributed by atoms with Gasteiger partial charge in [0.2, 0.25) is 5.91 Å². The number of carbonyl (C=O) groups is 1. The molecule has 7 nitrogen and oxygen atoms in total. The van der Waals surface area contributed by atoms with Gasteiger partial charge in [-0.1, -0.05) is 60.2 Å². The summed E-state index contributed by atoms with van der Waals surface area (Å²) < 4.78 is 1.59. The first-order valence-corrected chi connectivity index (χ1v) is 9.81. The lowest BCUT2D eigenvalue weighted by Gasteiger charge is -2.24. The molecule has 1 N–H and O–H groups in total. The smallest absolute Gasteiger partial charge is 0.272 e. The van der Waals surface area contributed by atoms with Crippen LogP contribution in [0.4, 0.5) is 5.82 Å². The fourth-order valence-electron chi connectivity index (χ4n) is 4.00. The summed E-state index contributed by atoms with van der Waals surface area (Å²) in [5.74, 6) is 0.822. The van der Waals surface area contributed by atoms with Crippen molar-refractivity contribution in [2.45, 2.75) is 26.2 Å². The zero-order valence-electron chi connectivity index (χ0n) is 16.7. The van der Waals surface area contributed by atoms with Crippen LogP contribution in [0.25, 0.3) is 17.2 Å². The Bertz CT molecular complexity index is 1250. The van der Waals surface area contributed by atoms with E-state index in [2.05, 4.69) is 50.7 Å². The van der Waals surface area contributed by atoms with Crippen LogP contribution in [-0.2, 0) is 4.79 Å². The van der Waals surface area contributed by atoms with E-state index in [1.165, 1.54) is 0 Å². The molecule has 2 aromatic heterocycles. The van der Waals surface area contributed by atoms with Crippen LogP contribution in [0, 0.1) is 13.8 Å². The number of nitrogens with one attached hydrogen (secondary N) is 1. The maximum Gasteiger partial charge on any atom is 0.272 e. The number of hydrogen-bond donors (Lipinski definition) is 1. The average Bonchev–Trinajstić information content (AvgIpc) is 3.10. The monoisotopic (exact) mass is 396 g/mol.